The summed E-state index contributed by atoms with van der Waals surface area (Å²) in [5.41, 5.74) is 0. The summed E-state index contributed by atoms with van der Waals surface area (Å²) in [6.45, 7) is 0.0750. The molecule has 110 valence electrons. The van der Waals surface area contributed by atoms with Crippen molar-refractivity contribution in [2.45, 2.75) is 30.8 Å². The summed E-state index contributed by atoms with van der Waals surface area (Å²) in [5.74, 6) is 1.31. The maximum Gasteiger partial charge on any atom is 0.244 e. The minimum atomic E-state index is -3.58. The molecule has 0 bridgehead atoms. The van der Waals surface area contributed by atoms with E-state index in [9.17, 15) is 8.42 Å². The zero-order valence-electron chi connectivity index (χ0n) is 10.7. The normalized spacial score (nSPS) is 11.9. The first-order chi connectivity index (χ1) is 9.01. The molecule has 0 spiro atoms. The van der Waals surface area contributed by atoms with Crippen LogP contribution in [-0.4, -0.2) is 32.1 Å². The second-order valence-corrected chi connectivity index (χ2v) is 7.40. The lowest BCUT2D eigenvalue weighted by atomic mass is 10.2. The van der Waals surface area contributed by atoms with E-state index in [0.29, 0.717) is 6.54 Å². The van der Waals surface area contributed by atoms with Crippen LogP contribution in [0, 0.1) is 0 Å². The Morgan fingerprint density at radius 2 is 2.16 bits per heavy atom. The molecule has 1 aromatic rings. The number of aliphatic hydroxyl groups excluding tert-OH is 1. The molecule has 1 rings (SSSR count). The Morgan fingerprint density at radius 1 is 1.42 bits per heavy atom. The van der Waals surface area contributed by atoms with Crippen molar-refractivity contribution >= 4 is 37.7 Å². The molecule has 8 heteroatoms. The number of thioether (sulfide) groups is 1. The topological polar surface area (TPSA) is 79.5 Å². The third kappa shape index (κ3) is 5.47. The van der Waals surface area contributed by atoms with Crippen molar-refractivity contribution in [2.24, 2.45) is 0 Å². The van der Waals surface area contributed by atoms with E-state index in [1.807, 2.05) is 0 Å². The fraction of sp³-hybridized carbons (Fsp3) is 0.636. The van der Waals surface area contributed by atoms with Crippen LogP contribution >= 0.6 is 27.7 Å². The van der Waals surface area contributed by atoms with Gasteiger partial charge in [0.05, 0.1) is 0 Å². The lowest BCUT2D eigenvalue weighted by molar-refractivity contribution is 0.245. The van der Waals surface area contributed by atoms with E-state index in [2.05, 4.69) is 26.9 Å². The van der Waals surface area contributed by atoms with Gasteiger partial charge in [-0.3, -0.25) is 0 Å². The Morgan fingerprint density at radius 3 is 2.74 bits per heavy atom. The number of nitrogens with one attached hydrogen (secondary N) is 1. The molecule has 19 heavy (non-hydrogen) atoms. The fourth-order valence-electron chi connectivity index (χ4n) is 1.49. The summed E-state index contributed by atoms with van der Waals surface area (Å²) in [6.07, 6.45) is 4.95. The summed E-state index contributed by atoms with van der Waals surface area (Å²) in [4.78, 5) is 0.0284. The van der Waals surface area contributed by atoms with Crippen molar-refractivity contribution in [1.82, 2.24) is 4.72 Å². The van der Waals surface area contributed by atoms with Crippen LogP contribution < -0.4 is 4.72 Å². The molecule has 0 aliphatic heterocycles. The summed E-state index contributed by atoms with van der Waals surface area (Å²) in [6, 6.07) is 1.32. The van der Waals surface area contributed by atoms with E-state index >= 15 is 0 Å². The summed E-state index contributed by atoms with van der Waals surface area (Å²) in [5, 5.41) is 8.91. The summed E-state index contributed by atoms with van der Waals surface area (Å²) in [7, 11) is -3.58. The highest BCUT2D eigenvalue weighted by Gasteiger charge is 2.21. The van der Waals surface area contributed by atoms with Crippen LogP contribution in [0.2, 0.25) is 0 Å². The molecule has 0 atom stereocenters. The average molecular weight is 372 g/mol. The van der Waals surface area contributed by atoms with E-state index < -0.39 is 10.0 Å². The van der Waals surface area contributed by atoms with Crippen LogP contribution in [0.15, 0.2) is 20.0 Å². The van der Waals surface area contributed by atoms with E-state index in [4.69, 9.17) is 9.52 Å². The van der Waals surface area contributed by atoms with Crippen molar-refractivity contribution in [2.75, 3.05) is 18.6 Å². The summed E-state index contributed by atoms with van der Waals surface area (Å²) < 4.78 is 31.7. The fourth-order valence-corrected chi connectivity index (χ4v) is 4.05. The van der Waals surface area contributed by atoms with Crippen molar-refractivity contribution in [1.29, 1.82) is 0 Å². The molecular formula is C11H18BrNO4S2. The Labute approximate surface area is 126 Å². The molecule has 0 aliphatic rings. The highest BCUT2D eigenvalue weighted by atomic mass is 79.9. The van der Waals surface area contributed by atoms with Gasteiger partial charge in [0, 0.05) is 12.6 Å². The Bertz CT molecular complexity index is 487. The van der Waals surface area contributed by atoms with Gasteiger partial charge in [0.25, 0.3) is 0 Å². The second-order valence-electron chi connectivity index (χ2n) is 3.96. The lowest BCUT2D eigenvalue weighted by Gasteiger charge is -2.04. The number of sulfonamides is 1. The van der Waals surface area contributed by atoms with Crippen LogP contribution in [0.4, 0.5) is 0 Å². The highest BCUT2D eigenvalue weighted by molar-refractivity contribution is 9.10. The van der Waals surface area contributed by atoms with Gasteiger partial charge in [0.1, 0.15) is 17.3 Å². The molecule has 1 aromatic heterocycles. The van der Waals surface area contributed by atoms with Crippen LogP contribution in [-0.2, 0) is 16.6 Å². The third-order valence-electron chi connectivity index (χ3n) is 2.47. The van der Waals surface area contributed by atoms with Gasteiger partial charge >= 0.3 is 0 Å². The number of unbranched alkanes of at least 4 members (excludes halogenated alkanes) is 2. The van der Waals surface area contributed by atoms with Crippen LogP contribution in [0.3, 0.4) is 0 Å². The molecule has 0 aliphatic carbocycles. The SMILES string of the molecule is CSCCCCCNS(=O)(=O)c1cc(CO)oc1Br. The van der Waals surface area contributed by atoms with Crippen molar-refractivity contribution in [3.63, 3.8) is 0 Å². The van der Waals surface area contributed by atoms with Gasteiger partial charge in [-0.25, -0.2) is 13.1 Å². The molecule has 1 heterocycles. The van der Waals surface area contributed by atoms with Crippen LogP contribution in [0.5, 0.6) is 0 Å². The number of furan rings is 1. The van der Waals surface area contributed by atoms with Gasteiger partial charge in [0.15, 0.2) is 4.67 Å². The largest absolute Gasteiger partial charge is 0.450 e. The Balaban J connectivity index is 2.49. The van der Waals surface area contributed by atoms with E-state index in [-0.39, 0.29) is 21.9 Å². The first kappa shape index (κ1) is 17.0. The smallest absolute Gasteiger partial charge is 0.244 e. The third-order valence-corrected chi connectivity index (χ3v) is 5.48. The Kier molecular flexibility index (Phi) is 7.45. The van der Waals surface area contributed by atoms with Gasteiger partial charge in [-0.1, -0.05) is 6.42 Å². The predicted octanol–water partition coefficient (Wildman–Crippen LogP) is 2.35. The highest BCUT2D eigenvalue weighted by Crippen LogP contribution is 2.25. The maximum absolute atomic E-state index is 12.0. The van der Waals surface area contributed by atoms with Gasteiger partial charge in [0.2, 0.25) is 10.0 Å². The van der Waals surface area contributed by atoms with Crippen molar-refractivity contribution in [3.8, 4) is 0 Å². The molecule has 0 amide bonds. The second kappa shape index (κ2) is 8.31. The number of hydrogen-bond acceptors (Lipinski definition) is 5. The van der Waals surface area contributed by atoms with Gasteiger partial charge in [-0.15, -0.1) is 0 Å². The maximum atomic E-state index is 12.0. The molecule has 0 unspecified atom stereocenters. The van der Waals surface area contributed by atoms with Crippen molar-refractivity contribution in [3.05, 3.63) is 16.5 Å². The number of aliphatic hydroxyl groups is 1. The molecule has 0 saturated carbocycles. The van der Waals surface area contributed by atoms with Gasteiger partial charge < -0.3 is 9.52 Å². The zero-order valence-corrected chi connectivity index (χ0v) is 13.9. The first-order valence-electron chi connectivity index (χ1n) is 5.89. The van der Waals surface area contributed by atoms with Crippen LogP contribution in [0.25, 0.3) is 0 Å². The molecule has 0 saturated heterocycles. The first-order valence-corrected chi connectivity index (χ1v) is 9.56. The number of halogens is 1. The minimum Gasteiger partial charge on any atom is -0.450 e. The van der Waals surface area contributed by atoms with Crippen LogP contribution in [0.1, 0.15) is 25.0 Å². The molecule has 5 nitrogen and oxygen atoms in total. The molecule has 0 radical (unpaired) electrons. The summed E-state index contributed by atoms with van der Waals surface area (Å²) >= 11 is 4.83. The van der Waals surface area contributed by atoms with E-state index in [1.165, 1.54) is 6.07 Å². The van der Waals surface area contributed by atoms with E-state index in [1.54, 1.807) is 11.8 Å². The monoisotopic (exact) mass is 371 g/mol. The molecule has 0 fully saturated rings. The molecule has 0 aromatic carbocycles. The zero-order chi connectivity index (χ0) is 14.3. The van der Waals surface area contributed by atoms with Gasteiger partial charge in [-0.2, -0.15) is 11.8 Å². The molecule has 2 N–H and O–H groups in total. The predicted molar refractivity (Wildman–Crippen MR) is 79.8 cm³/mol. The quantitative estimate of drug-likeness (QED) is 0.651. The van der Waals surface area contributed by atoms with E-state index in [0.717, 1.165) is 25.0 Å². The van der Waals surface area contributed by atoms with Gasteiger partial charge in [-0.05, 0) is 40.8 Å². The minimum absolute atomic E-state index is 0.0284. The number of hydrogen-bond donors (Lipinski definition) is 2. The molecular weight excluding hydrogens is 354 g/mol. The average Bonchev–Trinajstić information content (AvgIpc) is 2.76. The standard InChI is InChI=1S/C11H18BrNO4S2/c1-18-6-4-2-3-5-13-19(15,16)10-7-9(8-14)17-11(10)12/h7,13-14H,2-6,8H2,1H3. The number of rotatable bonds is 9. The Hall–Kier alpha value is -0.0200. The lowest BCUT2D eigenvalue weighted by Crippen LogP contribution is -2.24. The van der Waals surface area contributed by atoms with Crippen molar-refractivity contribution < 1.29 is 17.9 Å².